The Morgan fingerprint density at radius 2 is 1.89 bits per heavy atom. The van der Waals surface area contributed by atoms with Crippen molar-refractivity contribution in [2.45, 2.75) is 6.92 Å². The molecule has 18 heavy (non-hydrogen) atoms. The molecule has 0 heterocycles. The molecule has 0 bridgehead atoms. The lowest BCUT2D eigenvalue weighted by Gasteiger charge is -2.02. The van der Waals surface area contributed by atoms with Crippen LogP contribution >= 0.6 is 0 Å². The fourth-order valence-electron chi connectivity index (χ4n) is 1.48. The molecule has 0 fully saturated rings. The maximum atomic E-state index is 13.3. The molecule has 2 aromatic carbocycles. The van der Waals surface area contributed by atoms with Crippen LogP contribution in [0.15, 0.2) is 47.6 Å². The lowest BCUT2D eigenvalue weighted by Crippen LogP contribution is -1.95. The molecule has 92 valence electrons. The van der Waals surface area contributed by atoms with Gasteiger partial charge in [0.25, 0.3) is 0 Å². The second-order valence-electron chi connectivity index (χ2n) is 3.85. The van der Waals surface area contributed by atoms with Crippen molar-refractivity contribution in [2.24, 2.45) is 5.10 Å². The van der Waals surface area contributed by atoms with Crippen LogP contribution in [-0.2, 0) is 0 Å². The number of anilines is 1. The van der Waals surface area contributed by atoms with E-state index < -0.39 is 11.6 Å². The van der Waals surface area contributed by atoms with E-state index in [1.165, 1.54) is 12.1 Å². The van der Waals surface area contributed by atoms with Crippen LogP contribution in [0.5, 0.6) is 0 Å². The molecule has 0 aliphatic carbocycles. The number of benzene rings is 2. The summed E-state index contributed by atoms with van der Waals surface area (Å²) in [5.41, 5.74) is 4.69. The van der Waals surface area contributed by atoms with E-state index in [9.17, 15) is 8.78 Å². The molecule has 0 aromatic heterocycles. The Labute approximate surface area is 104 Å². The van der Waals surface area contributed by atoms with Gasteiger partial charge < -0.3 is 0 Å². The number of hydrogen-bond acceptors (Lipinski definition) is 2. The number of nitrogens with zero attached hydrogens (tertiary/aromatic N) is 1. The molecule has 0 spiro atoms. The number of aryl methyl sites for hydroxylation is 1. The van der Waals surface area contributed by atoms with E-state index in [-0.39, 0.29) is 5.69 Å². The largest absolute Gasteiger partial charge is 0.276 e. The Hall–Kier alpha value is -2.23. The van der Waals surface area contributed by atoms with Gasteiger partial charge in [-0.25, -0.2) is 8.78 Å². The van der Waals surface area contributed by atoms with Gasteiger partial charge in [0.1, 0.15) is 5.82 Å². The number of rotatable bonds is 3. The zero-order valence-corrected chi connectivity index (χ0v) is 9.82. The van der Waals surface area contributed by atoms with E-state index >= 15 is 0 Å². The van der Waals surface area contributed by atoms with Crippen LogP contribution in [0.4, 0.5) is 14.5 Å². The Morgan fingerprint density at radius 1 is 1.11 bits per heavy atom. The number of nitrogens with one attached hydrogen (secondary N) is 1. The van der Waals surface area contributed by atoms with Crippen molar-refractivity contribution in [2.75, 3.05) is 5.43 Å². The second-order valence-corrected chi connectivity index (χ2v) is 3.85. The van der Waals surface area contributed by atoms with Crippen LogP contribution in [0.2, 0.25) is 0 Å². The minimum absolute atomic E-state index is 0.140. The van der Waals surface area contributed by atoms with Crippen molar-refractivity contribution in [3.05, 3.63) is 65.2 Å². The van der Waals surface area contributed by atoms with E-state index in [0.29, 0.717) is 0 Å². The number of hydrogen-bond donors (Lipinski definition) is 1. The summed E-state index contributed by atoms with van der Waals surface area (Å²) < 4.78 is 26.0. The molecular weight excluding hydrogens is 234 g/mol. The van der Waals surface area contributed by atoms with Crippen molar-refractivity contribution in [1.82, 2.24) is 0 Å². The maximum absolute atomic E-state index is 13.3. The van der Waals surface area contributed by atoms with Gasteiger partial charge in [-0.15, -0.1) is 0 Å². The third-order valence-corrected chi connectivity index (χ3v) is 2.51. The maximum Gasteiger partial charge on any atom is 0.151 e. The minimum Gasteiger partial charge on any atom is -0.276 e. The van der Waals surface area contributed by atoms with Crippen molar-refractivity contribution in [3.63, 3.8) is 0 Å². The molecular formula is C14H12F2N2. The first-order valence-corrected chi connectivity index (χ1v) is 5.46. The molecule has 4 heteroatoms. The molecule has 0 radical (unpaired) electrons. The van der Waals surface area contributed by atoms with Crippen molar-refractivity contribution >= 4 is 11.9 Å². The SMILES string of the molecule is Cc1ccccc1/C=N/Nc1ccc(F)cc1F. The van der Waals surface area contributed by atoms with Gasteiger partial charge >= 0.3 is 0 Å². The predicted molar refractivity (Wildman–Crippen MR) is 68.8 cm³/mol. The predicted octanol–water partition coefficient (Wildman–Crippen LogP) is 3.72. The van der Waals surface area contributed by atoms with Crippen LogP contribution in [0.3, 0.4) is 0 Å². The van der Waals surface area contributed by atoms with E-state index in [1.807, 2.05) is 31.2 Å². The Balaban J connectivity index is 2.10. The van der Waals surface area contributed by atoms with Crippen molar-refractivity contribution in [3.8, 4) is 0 Å². The van der Waals surface area contributed by atoms with Crippen LogP contribution < -0.4 is 5.43 Å². The zero-order valence-electron chi connectivity index (χ0n) is 9.82. The van der Waals surface area contributed by atoms with E-state index in [1.54, 1.807) is 6.21 Å². The third kappa shape index (κ3) is 2.91. The highest BCUT2D eigenvalue weighted by Crippen LogP contribution is 2.14. The van der Waals surface area contributed by atoms with E-state index in [0.717, 1.165) is 17.2 Å². The highest BCUT2D eigenvalue weighted by molar-refractivity contribution is 5.82. The Morgan fingerprint density at radius 3 is 2.61 bits per heavy atom. The number of hydrazone groups is 1. The van der Waals surface area contributed by atoms with Gasteiger partial charge in [0, 0.05) is 6.07 Å². The quantitative estimate of drug-likeness (QED) is 0.647. The second kappa shape index (κ2) is 5.40. The van der Waals surface area contributed by atoms with Gasteiger partial charge in [-0.2, -0.15) is 5.10 Å². The fraction of sp³-hybridized carbons (Fsp3) is 0.0714. The first kappa shape index (κ1) is 12.2. The van der Waals surface area contributed by atoms with Crippen LogP contribution in [0.1, 0.15) is 11.1 Å². The lowest BCUT2D eigenvalue weighted by atomic mass is 10.1. The molecule has 0 aliphatic rings. The summed E-state index contributed by atoms with van der Waals surface area (Å²) in [5, 5.41) is 3.93. The summed E-state index contributed by atoms with van der Waals surface area (Å²) in [4.78, 5) is 0. The van der Waals surface area contributed by atoms with Gasteiger partial charge in [0.05, 0.1) is 11.9 Å². The van der Waals surface area contributed by atoms with Gasteiger partial charge in [0.15, 0.2) is 5.82 Å². The first-order chi connectivity index (χ1) is 8.66. The molecule has 2 nitrogen and oxygen atoms in total. The van der Waals surface area contributed by atoms with E-state index in [4.69, 9.17) is 0 Å². The monoisotopic (exact) mass is 246 g/mol. The standard InChI is InChI=1S/C14H12F2N2/c1-10-4-2-3-5-11(10)9-17-18-14-7-6-12(15)8-13(14)16/h2-9,18H,1H3/b17-9+. The molecule has 0 amide bonds. The van der Waals surface area contributed by atoms with Gasteiger partial charge in [0.2, 0.25) is 0 Å². The van der Waals surface area contributed by atoms with Gasteiger partial charge in [-0.1, -0.05) is 24.3 Å². The van der Waals surface area contributed by atoms with Gasteiger partial charge in [-0.3, -0.25) is 5.43 Å². The summed E-state index contributed by atoms with van der Waals surface area (Å²) in [6, 6.07) is 11.0. The Kier molecular flexibility index (Phi) is 3.67. The third-order valence-electron chi connectivity index (χ3n) is 2.51. The molecule has 2 rings (SSSR count). The topological polar surface area (TPSA) is 24.4 Å². The molecule has 0 saturated heterocycles. The fourth-order valence-corrected chi connectivity index (χ4v) is 1.48. The molecule has 2 aromatic rings. The molecule has 0 atom stereocenters. The van der Waals surface area contributed by atoms with Gasteiger partial charge in [-0.05, 0) is 30.2 Å². The summed E-state index contributed by atoms with van der Waals surface area (Å²) in [5.74, 6) is -1.28. The lowest BCUT2D eigenvalue weighted by molar-refractivity contribution is 0.585. The Bertz CT molecular complexity index is 580. The van der Waals surface area contributed by atoms with Crippen LogP contribution in [0, 0.1) is 18.6 Å². The van der Waals surface area contributed by atoms with Crippen molar-refractivity contribution < 1.29 is 8.78 Å². The summed E-state index contributed by atoms with van der Waals surface area (Å²) in [6.07, 6.45) is 1.60. The van der Waals surface area contributed by atoms with E-state index in [2.05, 4.69) is 10.5 Å². The summed E-state index contributed by atoms with van der Waals surface area (Å²) >= 11 is 0. The normalized spacial score (nSPS) is 10.8. The molecule has 0 saturated carbocycles. The first-order valence-electron chi connectivity index (χ1n) is 5.46. The minimum atomic E-state index is -0.670. The molecule has 1 N–H and O–H groups in total. The van der Waals surface area contributed by atoms with Crippen molar-refractivity contribution in [1.29, 1.82) is 0 Å². The molecule has 0 aliphatic heterocycles. The highest BCUT2D eigenvalue weighted by Gasteiger charge is 2.01. The average molecular weight is 246 g/mol. The van der Waals surface area contributed by atoms with Crippen LogP contribution in [-0.4, -0.2) is 6.21 Å². The average Bonchev–Trinajstić information content (AvgIpc) is 2.34. The smallest absolute Gasteiger partial charge is 0.151 e. The summed E-state index contributed by atoms with van der Waals surface area (Å²) in [7, 11) is 0. The number of halogens is 2. The highest BCUT2D eigenvalue weighted by atomic mass is 19.1. The van der Waals surface area contributed by atoms with Crippen LogP contribution in [0.25, 0.3) is 0 Å². The molecule has 0 unspecified atom stereocenters. The summed E-state index contributed by atoms with van der Waals surface area (Å²) in [6.45, 7) is 1.96. The zero-order chi connectivity index (χ0) is 13.0.